The number of aryl methyl sites for hydroxylation is 2. The maximum absolute atomic E-state index is 13.1. The third-order valence-electron chi connectivity index (χ3n) is 10.4. The highest BCUT2D eigenvalue weighted by atomic mass is 16.6. The zero-order valence-corrected chi connectivity index (χ0v) is 29.6. The molecule has 3 aliphatic heterocycles. The summed E-state index contributed by atoms with van der Waals surface area (Å²) >= 11 is 0. The van der Waals surface area contributed by atoms with E-state index >= 15 is 0 Å². The number of morpholine rings is 1. The molecule has 16 heteroatoms. The van der Waals surface area contributed by atoms with Crippen molar-refractivity contribution in [3.05, 3.63) is 28.8 Å². The Balaban J connectivity index is 1.51. The van der Waals surface area contributed by atoms with Gasteiger partial charge in [0.1, 0.15) is 18.0 Å². The highest BCUT2D eigenvalue weighted by Gasteiger charge is 2.55. The molecule has 0 radical (unpaired) electrons. The number of nitrogens with one attached hydrogen (secondary N) is 2. The average Bonchev–Trinajstić information content (AvgIpc) is 3.50. The number of phenols is 1. The maximum Gasteiger partial charge on any atom is 0.336 e. The Morgan fingerprint density at radius 1 is 1.10 bits per heavy atom. The fourth-order valence-corrected chi connectivity index (χ4v) is 7.41. The van der Waals surface area contributed by atoms with Crippen molar-refractivity contribution in [2.45, 2.75) is 95.5 Å². The third kappa shape index (κ3) is 8.32. The predicted molar refractivity (Wildman–Crippen MR) is 180 cm³/mol. The number of hydrogen-bond donors (Lipinski definition) is 7. The largest absolute Gasteiger partial charge is 0.507 e. The number of urea groups is 1. The van der Waals surface area contributed by atoms with E-state index in [1.807, 2.05) is 13.8 Å². The van der Waals surface area contributed by atoms with E-state index in [-0.39, 0.29) is 30.3 Å². The predicted octanol–water partition coefficient (Wildman–Crippen LogP) is -0.433. The van der Waals surface area contributed by atoms with Gasteiger partial charge in [-0.3, -0.25) is 14.5 Å². The number of aliphatic hydroxyl groups excluding tert-OH is 3. The topological polar surface area (TPSA) is 222 Å². The normalized spacial score (nSPS) is 28.2. The average molecular weight is 708 g/mol. The van der Waals surface area contributed by atoms with Gasteiger partial charge >= 0.3 is 12.0 Å². The number of carboxylic acids is 1. The quantitative estimate of drug-likeness (QED) is 0.147. The lowest BCUT2D eigenvalue weighted by atomic mass is 9.81. The second kappa shape index (κ2) is 16.2. The van der Waals surface area contributed by atoms with Crippen molar-refractivity contribution in [2.24, 2.45) is 0 Å². The molecule has 1 spiro atoms. The molecule has 1 aromatic rings. The van der Waals surface area contributed by atoms with Gasteiger partial charge in [0.15, 0.2) is 5.60 Å². The first-order chi connectivity index (χ1) is 23.6. The van der Waals surface area contributed by atoms with Crippen LogP contribution < -0.4 is 10.6 Å². The fraction of sp³-hybridized carbons (Fsp3) is 0.706. The summed E-state index contributed by atoms with van der Waals surface area (Å²) in [5.41, 5.74) is -1.39. The Labute approximate surface area is 292 Å². The molecule has 3 heterocycles. The van der Waals surface area contributed by atoms with Crippen LogP contribution in [0.2, 0.25) is 0 Å². The van der Waals surface area contributed by atoms with Crippen molar-refractivity contribution in [3.63, 3.8) is 0 Å². The van der Waals surface area contributed by atoms with Crippen molar-refractivity contribution in [2.75, 3.05) is 59.0 Å². The highest BCUT2D eigenvalue weighted by molar-refractivity contribution is 5.95. The number of aliphatic carboxylic acids is 1. The minimum Gasteiger partial charge on any atom is -0.507 e. The Morgan fingerprint density at radius 3 is 2.36 bits per heavy atom. The standard InChI is InChI=1S/C34H53N5O11/c1-6-37(7-2)32(48)38-10-8-33(18-38)19-49-13-12-39(33)11-9-34(31(46)47)16-24(41)26(36-22(5)40)29(50-34)28(44)25(42)17-35-30(45)23-14-20(3)27(43)21(4)15-23/h14-15,24-26,28-29,41-44H,6-13,16-19H2,1-5H3,(H,35,45)(H,36,40)(H,46,47)/t24-,25+,26+,28+,29+,33-,34+/m0/s1. The Morgan fingerprint density at radius 2 is 1.76 bits per heavy atom. The molecular formula is C34H53N5O11. The molecule has 3 saturated heterocycles. The van der Waals surface area contributed by atoms with Crippen LogP contribution in [0.1, 0.15) is 61.5 Å². The fourth-order valence-electron chi connectivity index (χ4n) is 7.41. The van der Waals surface area contributed by atoms with E-state index in [1.165, 1.54) is 19.1 Å². The van der Waals surface area contributed by atoms with Crippen molar-refractivity contribution in [3.8, 4) is 5.75 Å². The van der Waals surface area contributed by atoms with E-state index in [9.17, 15) is 44.7 Å². The number of carboxylic acid groups (broad SMARTS) is 1. The van der Waals surface area contributed by atoms with Crippen LogP contribution in [-0.2, 0) is 19.1 Å². The molecule has 7 atom stereocenters. The van der Waals surface area contributed by atoms with Crippen LogP contribution in [0, 0.1) is 13.8 Å². The summed E-state index contributed by atoms with van der Waals surface area (Å²) in [6.07, 6.45) is -6.48. The molecule has 50 heavy (non-hydrogen) atoms. The minimum absolute atomic E-state index is 0.0512. The summed E-state index contributed by atoms with van der Waals surface area (Å²) in [6.45, 7) is 11.3. The number of nitrogens with zero attached hydrogens (tertiary/aromatic N) is 3. The molecule has 280 valence electrons. The van der Waals surface area contributed by atoms with Crippen LogP contribution >= 0.6 is 0 Å². The van der Waals surface area contributed by atoms with Gasteiger partial charge in [-0.1, -0.05) is 0 Å². The number of aromatic hydroxyl groups is 1. The molecule has 3 fully saturated rings. The van der Waals surface area contributed by atoms with Crippen LogP contribution in [0.4, 0.5) is 4.79 Å². The van der Waals surface area contributed by atoms with Crippen LogP contribution in [0.15, 0.2) is 12.1 Å². The van der Waals surface area contributed by atoms with Gasteiger partial charge in [-0.2, -0.15) is 0 Å². The van der Waals surface area contributed by atoms with Gasteiger partial charge in [0, 0.05) is 71.1 Å². The van der Waals surface area contributed by atoms with E-state index in [0.29, 0.717) is 63.5 Å². The first-order valence-electron chi connectivity index (χ1n) is 17.3. The molecule has 3 aliphatic rings. The van der Waals surface area contributed by atoms with Crippen molar-refractivity contribution in [1.82, 2.24) is 25.3 Å². The first kappa shape index (κ1) is 39.2. The van der Waals surface area contributed by atoms with Crippen LogP contribution in [-0.4, -0.2) is 165 Å². The number of likely N-dealkylation sites (tertiary alicyclic amines) is 1. The van der Waals surface area contributed by atoms with Crippen molar-refractivity contribution < 1.29 is 54.2 Å². The number of hydrogen-bond acceptors (Lipinski definition) is 11. The van der Waals surface area contributed by atoms with Crippen molar-refractivity contribution >= 4 is 23.8 Å². The first-order valence-corrected chi connectivity index (χ1v) is 17.3. The lowest BCUT2D eigenvalue weighted by Crippen LogP contribution is -2.68. The molecule has 0 aromatic heterocycles. The molecular weight excluding hydrogens is 654 g/mol. The minimum atomic E-state index is -2.01. The number of phenolic OH excluding ortho intramolecular Hbond substituents is 1. The summed E-state index contributed by atoms with van der Waals surface area (Å²) < 4.78 is 12.0. The molecule has 0 saturated carbocycles. The molecule has 4 amide bonds. The third-order valence-corrected chi connectivity index (χ3v) is 10.4. The number of carbonyl (C=O) groups is 4. The summed E-state index contributed by atoms with van der Waals surface area (Å²) in [4.78, 5) is 56.7. The van der Waals surface area contributed by atoms with E-state index in [4.69, 9.17) is 9.47 Å². The van der Waals surface area contributed by atoms with Gasteiger partial charge in [-0.25, -0.2) is 9.59 Å². The van der Waals surface area contributed by atoms with E-state index in [2.05, 4.69) is 15.5 Å². The Kier molecular flexibility index (Phi) is 12.7. The van der Waals surface area contributed by atoms with Crippen molar-refractivity contribution in [1.29, 1.82) is 0 Å². The van der Waals surface area contributed by atoms with E-state index in [0.717, 1.165) is 0 Å². The SMILES string of the molecule is CCN(CC)C(=O)N1CC[C@@]2(COCCN2CC[C@]2(C(=O)O)C[C@H](O)[C@@H](NC(C)=O)[C@H]([C@H](O)[C@H](O)CNC(=O)c3cc(C)c(O)c(C)c3)O2)C1. The summed E-state index contributed by atoms with van der Waals surface area (Å²) in [6, 6.07) is 1.60. The lowest BCUT2D eigenvalue weighted by Gasteiger charge is -2.49. The van der Waals surface area contributed by atoms with E-state index in [1.54, 1.807) is 23.6 Å². The molecule has 0 unspecified atom stereocenters. The highest BCUT2D eigenvalue weighted by Crippen LogP contribution is 2.38. The summed E-state index contributed by atoms with van der Waals surface area (Å²) in [7, 11) is 0. The summed E-state index contributed by atoms with van der Waals surface area (Å²) in [5.74, 6) is -2.49. The van der Waals surface area contributed by atoms with Gasteiger partial charge < -0.3 is 55.4 Å². The molecule has 16 nitrogen and oxygen atoms in total. The second-order valence-electron chi connectivity index (χ2n) is 13.7. The van der Waals surface area contributed by atoms with E-state index < -0.39 is 72.3 Å². The number of rotatable bonds is 12. The van der Waals surface area contributed by atoms with Gasteiger partial charge in [0.05, 0.1) is 37.0 Å². The maximum atomic E-state index is 13.1. The molecule has 0 bridgehead atoms. The molecule has 1 aromatic carbocycles. The van der Waals surface area contributed by atoms with Crippen LogP contribution in [0.3, 0.4) is 0 Å². The molecule has 0 aliphatic carbocycles. The van der Waals surface area contributed by atoms with Gasteiger partial charge in [-0.15, -0.1) is 0 Å². The van der Waals surface area contributed by atoms with Gasteiger partial charge in [0.2, 0.25) is 5.91 Å². The Bertz CT molecular complexity index is 1390. The number of aliphatic hydroxyl groups is 3. The number of benzene rings is 1. The lowest BCUT2D eigenvalue weighted by molar-refractivity contribution is -0.231. The number of amides is 4. The second-order valence-corrected chi connectivity index (χ2v) is 13.7. The smallest absolute Gasteiger partial charge is 0.336 e. The molecule has 4 rings (SSSR count). The van der Waals surface area contributed by atoms with Crippen LogP contribution in [0.25, 0.3) is 0 Å². The number of ether oxygens (including phenoxy) is 2. The zero-order chi connectivity index (χ0) is 37.0. The Hall–Kier alpha value is -3.54. The number of carbonyl (C=O) groups excluding carboxylic acids is 3. The van der Waals surface area contributed by atoms with Gasteiger partial charge in [0.25, 0.3) is 5.91 Å². The van der Waals surface area contributed by atoms with Crippen LogP contribution in [0.5, 0.6) is 5.75 Å². The monoisotopic (exact) mass is 707 g/mol. The zero-order valence-electron chi connectivity index (χ0n) is 29.6. The molecule has 7 N–H and O–H groups in total. The summed E-state index contributed by atoms with van der Waals surface area (Å²) in [5, 5.41) is 59.2. The van der Waals surface area contributed by atoms with Gasteiger partial charge in [-0.05, 0) is 57.4 Å².